The van der Waals surface area contributed by atoms with E-state index in [-0.39, 0.29) is 5.82 Å². The minimum absolute atomic E-state index is 0.225. The van der Waals surface area contributed by atoms with Gasteiger partial charge >= 0.3 is 0 Å². The number of para-hydroxylation sites is 2. The number of nitrogens with zero attached hydrogens (tertiary/aromatic N) is 3. The van der Waals surface area contributed by atoms with Crippen LogP contribution in [0.25, 0.3) is 22.4 Å². The van der Waals surface area contributed by atoms with Crippen molar-refractivity contribution >= 4 is 11.0 Å². The van der Waals surface area contributed by atoms with E-state index in [1.165, 1.54) is 12.1 Å². The Hall–Kier alpha value is -3.01. The van der Waals surface area contributed by atoms with E-state index in [2.05, 4.69) is 9.55 Å². The van der Waals surface area contributed by atoms with E-state index in [0.717, 1.165) is 28.0 Å². The Morgan fingerprint density at radius 1 is 0.913 bits per heavy atom. The van der Waals surface area contributed by atoms with Crippen molar-refractivity contribution in [3.63, 3.8) is 0 Å². The van der Waals surface area contributed by atoms with Crippen molar-refractivity contribution in [3.8, 4) is 11.4 Å². The van der Waals surface area contributed by atoms with Gasteiger partial charge < -0.3 is 4.57 Å². The van der Waals surface area contributed by atoms with Crippen LogP contribution in [0.15, 0.2) is 73.1 Å². The van der Waals surface area contributed by atoms with Crippen molar-refractivity contribution in [3.05, 3.63) is 84.4 Å². The molecule has 0 fully saturated rings. The van der Waals surface area contributed by atoms with Gasteiger partial charge in [0.25, 0.3) is 0 Å². The number of fused-ring (bicyclic) bond motifs is 1. The third-order valence-corrected chi connectivity index (χ3v) is 3.83. The summed E-state index contributed by atoms with van der Waals surface area (Å²) < 4.78 is 15.3. The lowest BCUT2D eigenvalue weighted by molar-refractivity contribution is 0.626. The lowest BCUT2D eigenvalue weighted by Gasteiger charge is -2.09. The number of rotatable bonds is 3. The predicted octanol–water partition coefficient (Wildman–Crippen LogP) is 4.29. The predicted molar refractivity (Wildman–Crippen MR) is 88.5 cm³/mol. The number of benzene rings is 2. The monoisotopic (exact) mass is 303 g/mol. The molecule has 0 aliphatic carbocycles. The van der Waals surface area contributed by atoms with Crippen molar-refractivity contribution in [1.82, 2.24) is 14.5 Å². The Morgan fingerprint density at radius 3 is 2.52 bits per heavy atom. The summed E-state index contributed by atoms with van der Waals surface area (Å²) in [5.74, 6) is 0.639. The van der Waals surface area contributed by atoms with Gasteiger partial charge in [0.05, 0.1) is 11.0 Å². The first kappa shape index (κ1) is 13.6. The van der Waals surface area contributed by atoms with Crippen molar-refractivity contribution in [2.45, 2.75) is 6.54 Å². The Bertz CT molecular complexity index is 943. The zero-order valence-corrected chi connectivity index (χ0v) is 12.4. The molecule has 2 heterocycles. The maximum atomic E-state index is 13.1. The van der Waals surface area contributed by atoms with Gasteiger partial charge in [0, 0.05) is 24.5 Å². The first-order valence-corrected chi connectivity index (χ1v) is 7.41. The fourth-order valence-electron chi connectivity index (χ4n) is 2.72. The number of hydrogen-bond acceptors (Lipinski definition) is 2. The highest BCUT2D eigenvalue weighted by molar-refractivity contribution is 5.80. The summed E-state index contributed by atoms with van der Waals surface area (Å²) in [6.45, 7) is 0.630. The number of halogens is 1. The number of hydrogen-bond donors (Lipinski definition) is 0. The smallest absolute Gasteiger partial charge is 0.143 e. The standard InChI is InChI=1S/C19H14FN3/c20-16-9-7-14(8-10-16)13-23-18-6-2-1-5-17(18)22-19(23)15-4-3-11-21-12-15/h1-12H,13H2. The summed E-state index contributed by atoms with van der Waals surface area (Å²) in [7, 11) is 0. The van der Waals surface area contributed by atoms with E-state index in [9.17, 15) is 4.39 Å². The summed E-state index contributed by atoms with van der Waals surface area (Å²) in [4.78, 5) is 8.93. The Morgan fingerprint density at radius 2 is 1.74 bits per heavy atom. The lowest BCUT2D eigenvalue weighted by atomic mass is 10.2. The zero-order valence-electron chi connectivity index (χ0n) is 12.4. The molecule has 0 bridgehead atoms. The Labute approximate surface area is 133 Å². The third-order valence-electron chi connectivity index (χ3n) is 3.83. The van der Waals surface area contributed by atoms with Crippen LogP contribution in [-0.2, 0) is 6.54 Å². The summed E-state index contributed by atoms with van der Waals surface area (Å²) >= 11 is 0. The zero-order chi connectivity index (χ0) is 15.6. The lowest BCUT2D eigenvalue weighted by Crippen LogP contribution is -2.02. The molecule has 0 amide bonds. The molecule has 0 atom stereocenters. The van der Waals surface area contributed by atoms with Gasteiger partial charge in [-0.05, 0) is 42.0 Å². The van der Waals surface area contributed by atoms with Crippen molar-refractivity contribution in [1.29, 1.82) is 0 Å². The van der Waals surface area contributed by atoms with Gasteiger partial charge in [-0.3, -0.25) is 4.98 Å². The van der Waals surface area contributed by atoms with E-state index >= 15 is 0 Å². The van der Waals surface area contributed by atoms with Gasteiger partial charge in [-0.1, -0.05) is 24.3 Å². The quantitative estimate of drug-likeness (QED) is 0.565. The van der Waals surface area contributed by atoms with Crippen LogP contribution in [0.1, 0.15) is 5.56 Å². The highest BCUT2D eigenvalue weighted by atomic mass is 19.1. The molecule has 0 saturated carbocycles. The normalized spacial score (nSPS) is 11.0. The molecule has 3 nitrogen and oxygen atoms in total. The minimum atomic E-state index is -0.225. The van der Waals surface area contributed by atoms with Gasteiger partial charge in [-0.15, -0.1) is 0 Å². The van der Waals surface area contributed by atoms with E-state index in [1.54, 1.807) is 18.3 Å². The average Bonchev–Trinajstić information content (AvgIpc) is 2.96. The molecule has 4 aromatic rings. The second kappa shape index (κ2) is 5.65. The van der Waals surface area contributed by atoms with Crippen LogP contribution in [0.5, 0.6) is 0 Å². The molecule has 0 unspecified atom stereocenters. The van der Waals surface area contributed by atoms with Gasteiger partial charge in [-0.25, -0.2) is 9.37 Å². The Kier molecular flexibility index (Phi) is 3.35. The molecular formula is C19H14FN3. The summed E-state index contributed by atoms with van der Waals surface area (Å²) in [6, 6.07) is 18.5. The maximum Gasteiger partial charge on any atom is 0.143 e. The van der Waals surface area contributed by atoms with Crippen LogP contribution in [0.2, 0.25) is 0 Å². The first-order valence-electron chi connectivity index (χ1n) is 7.41. The largest absolute Gasteiger partial charge is 0.319 e. The van der Waals surface area contributed by atoms with Gasteiger partial charge in [0.1, 0.15) is 11.6 Å². The number of imidazole rings is 1. The molecule has 0 aliphatic heterocycles. The molecule has 4 rings (SSSR count). The summed E-state index contributed by atoms with van der Waals surface area (Å²) in [5.41, 5.74) is 3.98. The molecule has 2 aromatic carbocycles. The van der Waals surface area contributed by atoms with Crippen molar-refractivity contribution in [2.24, 2.45) is 0 Å². The molecular weight excluding hydrogens is 289 g/mol. The fourth-order valence-corrected chi connectivity index (χ4v) is 2.72. The first-order chi connectivity index (χ1) is 11.3. The second-order valence-electron chi connectivity index (χ2n) is 5.38. The van der Waals surface area contributed by atoms with Crippen LogP contribution in [0, 0.1) is 5.82 Å². The molecule has 0 N–H and O–H groups in total. The van der Waals surface area contributed by atoms with Gasteiger partial charge in [-0.2, -0.15) is 0 Å². The van der Waals surface area contributed by atoms with Gasteiger partial charge in [0.2, 0.25) is 0 Å². The van der Waals surface area contributed by atoms with E-state index in [1.807, 2.05) is 42.6 Å². The van der Waals surface area contributed by atoms with Crippen molar-refractivity contribution in [2.75, 3.05) is 0 Å². The average molecular weight is 303 g/mol. The van der Waals surface area contributed by atoms with Crippen LogP contribution in [0.3, 0.4) is 0 Å². The van der Waals surface area contributed by atoms with E-state index in [4.69, 9.17) is 4.98 Å². The molecule has 2 aromatic heterocycles. The maximum absolute atomic E-state index is 13.1. The molecule has 0 radical (unpaired) electrons. The number of aromatic nitrogens is 3. The fraction of sp³-hybridized carbons (Fsp3) is 0.0526. The summed E-state index contributed by atoms with van der Waals surface area (Å²) in [5, 5.41) is 0. The van der Waals surface area contributed by atoms with Crippen LogP contribution in [0.4, 0.5) is 4.39 Å². The molecule has 112 valence electrons. The van der Waals surface area contributed by atoms with E-state index < -0.39 is 0 Å². The third kappa shape index (κ3) is 2.59. The second-order valence-corrected chi connectivity index (χ2v) is 5.38. The van der Waals surface area contributed by atoms with Crippen LogP contribution >= 0.6 is 0 Å². The van der Waals surface area contributed by atoms with Crippen LogP contribution < -0.4 is 0 Å². The van der Waals surface area contributed by atoms with E-state index in [0.29, 0.717) is 6.54 Å². The molecule has 0 saturated heterocycles. The molecule has 0 spiro atoms. The number of pyridine rings is 1. The highest BCUT2D eigenvalue weighted by Gasteiger charge is 2.12. The Balaban J connectivity index is 1.87. The summed E-state index contributed by atoms with van der Waals surface area (Å²) in [6.07, 6.45) is 3.55. The molecule has 4 heteroatoms. The molecule has 0 aliphatic rings. The molecule has 23 heavy (non-hydrogen) atoms. The van der Waals surface area contributed by atoms with Crippen LogP contribution in [-0.4, -0.2) is 14.5 Å². The SMILES string of the molecule is Fc1ccc(Cn2c(-c3cccnc3)nc3ccccc32)cc1. The van der Waals surface area contributed by atoms with Crippen molar-refractivity contribution < 1.29 is 4.39 Å². The highest BCUT2D eigenvalue weighted by Crippen LogP contribution is 2.25. The minimum Gasteiger partial charge on any atom is -0.319 e. The topological polar surface area (TPSA) is 30.7 Å². The van der Waals surface area contributed by atoms with Gasteiger partial charge in [0.15, 0.2) is 0 Å².